The molecule has 0 spiro atoms. The minimum absolute atomic E-state index is 0.162. The largest absolute Gasteiger partial charge is 0.306 e. The Morgan fingerprint density at radius 3 is 2.88 bits per heavy atom. The minimum atomic E-state index is -0.643. The highest BCUT2D eigenvalue weighted by Crippen LogP contribution is 2.22. The second kappa shape index (κ2) is 4.59. The van der Waals surface area contributed by atoms with Crippen molar-refractivity contribution < 1.29 is 9.18 Å². The van der Waals surface area contributed by atoms with E-state index < -0.39 is 11.9 Å². The molecule has 0 saturated carbocycles. The molecule has 0 saturated heterocycles. The average molecular weight is 257 g/mol. The molecule has 1 N–H and O–H groups in total. The van der Waals surface area contributed by atoms with Gasteiger partial charge in [0.05, 0.1) is 5.02 Å². The Labute approximate surface area is 99.9 Å². The standard InChI is InChI=1S/C10H6ClFN2OS/c11-6-4-5-16-9(6)10(15)14-8-3-1-2-7(12)13-8/h1-5H,(H,13,14,15). The maximum absolute atomic E-state index is 12.8. The molecule has 0 aromatic carbocycles. The molecule has 6 heteroatoms. The smallest absolute Gasteiger partial charge is 0.268 e. The van der Waals surface area contributed by atoms with Crippen LogP contribution in [-0.4, -0.2) is 10.9 Å². The zero-order valence-electron chi connectivity index (χ0n) is 7.91. The molecule has 2 rings (SSSR count). The van der Waals surface area contributed by atoms with Crippen molar-refractivity contribution in [2.45, 2.75) is 0 Å². The van der Waals surface area contributed by atoms with E-state index in [2.05, 4.69) is 10.3 Å². The minimum Gasteiger partial charge on any atom is -0.306 e. The summed E-state index contributed by atoms with van der Waals surface area (Å²) in [5, 5.41) is 4.54. The quantitative estimate of drug-likeness (QED) is 0.839. The molecular weight excluding hydrogens is 251 g/mol. The predicted molar refractivity (Wildman–Crippen MR) is 61.5 cm³/mol. The molecule has 2 heterocycles. The normalized spacial score (nSPS) is 10.1. The second-order valence-electron chi connectivity index (χ2n) is 2.90. The first kappa shape index (κ1) is 11.0. The van der Waals surface area contributed by atoms with Crippen LogP contribution in [0.15, 0.2) is 29.6 Å². The van der Waals surface area contributed by atoms with Gasteiger partial charge in [-0.05, 0) is 23.6 Å². The Hall–Kier alpha value is -1.46. The number of pyridine rings is 1. The van der Waals surface area contributed by atoms with Crippen molar-refractivity contribution in [2.75, 3.05) is 5.32 Å². The highest BCUT2D eigenvalue weighted by atomic mass is 35.5. The number of anilines is 1. The van der Waals surface area contributed by atoms with Gasteiger partial charge in [-0.2, -0.15) is 4.39 Å². The Balaban J connectivity index is 2.17. The number of hydrogen-bond acceptors (Lipinski definition) is 3. The molecule has 0 radical (unpaired) electrons. The number of hydrogen-bond donors (Lipinski definition) is 1. The summed E-state index contributed by atoms with van der Waals surface area (Å²) in [5.41, 5.74) is 0. The summed E-state index contributed by atoms with van der Waals surface area (Å²) >= 11 is 7.00. The van der Waals surface area contributed by atoms with Gasteiger partial charge < -0.3 is 5.32 Å². The van der Waals surface area contributed by atoms with Crippen molar-refractivity contribution >= 4 is 34.7 Å². The fraction of sp³-hybridized carbons (Fsp3) is 0. The number of halogens is 2. The van der Waals surface area contributed by atoms with E-state index in [9.17, 15) is 9.18 Å². The van der Waals surface area contributed by atoms with Crippen LogP contribution in [0.2, 0.25) is 5.02 Å². The number of rotatable bonds is 2. The van der Waals surface area contributed by atoms with Crippen LogP contribution in [0, 0.1) is 5.95 Å². The van der Waals surface area contributed by atoms with Crippen LogP contribution in [0.4, 0.5) is 10.2 Å². The number of nitrogens with one attached hydrogen (secondary N) is 1. The SMILES string of the molecule is O=C(Nc1cccc(F)n1)c1sccc1Cl. The van der Waals surface area contributed by atoms with Gasteiger partial charge in [-0.25, -0.2) is 4.98 Å². The van der Waals surface area contributed by atoms with Gasteiger partial charge >= 0.3 is 0 Å². The van der Waals surface area contributed by atoms with Gasteiger partial charge in [0.2, 0.25) is 5.95 Å². The van der Waals surface area contributed by atoms with Crippen molar-refractivity contribution in [3.05, 3.63) is 45.5 Å². The summed E-state index contributed by atoms with van der Waals surface area (Å²) in [5.74, 6) is -0.873. The molecule has 0 fully saturated rings. The third kappa shape index (κ3) is 2.37. The van der Waals surface area contributed by atoms with Crippen molar-refractivity contribution in [1.29, 1.82) is 0 Å². The maximum atomic E-state index is 12.8. The van der Waals surface area contributed by atoms with Crippen LogP contribution < -0.4 is 5.32 Å². The molecule has 0 bridgehead atoms. The number of carbonyl (C=O) groups excluding carboxylic acids is 1. The lowest BCUT2D eigenvalue weighted by Gasteiger charge is -2.02. The highest BCUT2D eigenvalue weighted by Gasteiger charge is 2.12. The van der Waals surface area contributed by atoms with Crippen LogP contribution in [0.25, 0.3) is 0 Å². The topological polar surface area (TPSA) is 42.0 Å². The molecule has 0 aliphatic heterocycles. The fourth-order valence-corrected chi connectivity index (χ4v) is 2.14. The molecule has 0 atom stereocenters. The molecule has 2 aromatic heterocycles. The molecule has 82 valence electrons. The van der Waals surface area contributed by atoms with Gasteiger partial charge in [0.25, 0.3) is 5.91 Å². The van der Waals surface area contributed by atoms with E-state index in [1.807, 2.05) is 0 Å². The predicted octanol–water partition coefficient (Wildman–Crippen LogP) is 3.19. The van der Waals surface area contributed by atoms with Crippen LogP contribution >= 0.6 is 22.9 Å². The lowest BCUT2D eigenvalue weighted by molar-refractivity contribution is 0.103. The van der Waals surface area contributed by atoms with E-state index >= 15 is 0 Å². The average Bonchev–Trinajstić information content (AvgIpc) is 2.64. The lowest BCUT2D eigenvalue weighted by atomic mass is 10.4. The molecule has 0 unspecified atom stereocenters. The van der Waals surface area contributed by atoms with Crippen LogP contribution in [0.3, 0.4) is 0 Å². The molecule has 2 aromatic rings. The van der Waals surface area contributed by atoms with Gasteiger partial charge in [-0.15, -0.1) is 11.3 Å². The Morgan fingerprint density at radius 2 is 2.25 bits per heavy atom. The van der Waals surface area contributed by atoms with E-state index in [1.54, 1.807) is 11.4 Å². The number of carbonyl (C=O) groups is 1. The van der Waals surface area contributed by atoms with Gasteiger partial charge in [0.15, 0.2) is 0 Å². The third-order valence-corrected chi connectivity index (χ3v) is 3.12. The van der Waals surface area contributed by atoms with E-state index in [-0.39, 0.29) is 5.82 Å². The Morgan fingerprint density at radius 1 is 1.44 bits per heavy atom. The van der Waals surface area contributed by atoms with Crippen molar-refractivity contribution in [2.24, 2.45) is 0 Å². The zero-order valence-corrected chi connectivity index (χ0v) is 9.48. The first-order valence-corrected chi connectivity index (χ1v) is 5.59. The summed E-state index contributed by atoms with van der Waals surface area (Å²) in [7, 11) is 0. The summed E-state index contributed by atoms with van der Waals surface area (Å²) in [4.78, 5) is 15.6. The third-order valence-electron chi connectivity index (χ3n) is 1.78. The second-order valence-corrected chi connectivity index (χ2v) is 4.22. The molecule has 0 aliphatic carbocycles. The van der Waals surface area contributed by atoms with Crippen LogP contribution in [0.1, 0.15) is 9.67 Å². The number of aromatic nitrogens is 1. The molecule has 3 nitrogen and oxygen atoms in total. The van der Waals surface area contributed by atoms with Gasteiger partial charge in [-0.3, -0.25) is 4.79 Å². The van der Waals surface area contributed by atoms with Crippen LogP contribution in [0.5, 0.6) is 0 Å². The molecule has 0 aliphatic rings. The van der Waals surface area contributed by atoms with Gasteiger partial charge in [-0.1, -0.05) is 17.7 Å². The van der Waals surface area contributed by atoms with Crippen molar-refractivity contribution in [3.8, 4) is 0 Å². The van der Waals surface area contributed by atoms with E-state index in [4.69, 9.17) is 11.6 Å². The maximum Gasteiger partial charge on any atom is 0.268 e. The molecule has 16 heavy (non-hydrogen) atoms. The Kier molecular flexibility index (Phi) is 3.17. The van der Waals surface area contributed by atoms with Gasteiger partial charge in [0.1, 0.15) is 10.7 Å². The number of thiophene rings is 1. The molecule has 1 amide bonds. The van der Waals surface area contributed by atoms with Crippen molar-refractivity contribution in [1.82, 2.24) is 4.98 Å². The van der Waals surface area contributed by atoms with E-state index in [0.717, 1.165) is 0 Å². The monoisotopic (exact) mass is 256 g/mol. The molecular formula is C10H6ClFN2OS. The Bertz CT molecular complexity index is 529. The fourth-order valence-electron chi connectivity index (χ4n) is 1.11. The first-order valence-electron chi connectivity index (χ1n) is 4.34. The summed E-state index contributed by atoms with van der Waals surface area (Å²) < 4.78 is 12.8. The van der Waals surface area contributed by atoms with Gasteiger partial charge in [0, 0.05) is 0 Å². The zero-order chi connectivity index (χ0) is 11.5. The van der Waals surface area contributed by atoms with E-state index in [1.165, 1.54) is 29.5 Å². The first-order chi connectivity index (χ1) is 7.66. The van der Waals surface area contributed by atoms with E-state index in [0.29, 0.717) is 9.90 Å². The summed E-state index contributed by atoms with van der Waals surface area (Å²) in [6, 6.07) is 5.80. The summed E-state index contributed by atoms with van der Waals surface area (Å²) in [6.07, 6.45) is 0. The highest BCUT2D eigenvalue weighted by molar-refractivity contribution is 7.12. The van der Waals surface area contributed by atoms with Crippen molar-refractivity contribution in [3.63, 3.8) is 0 Å². The summed E-state index contributed by atoms with van der Waals surface area (Å²) in [6.45, 7) is 0. The number of nitrogens with zero attached hydrogens (tertiary/aromatic N) is 1. The van der Waals surface area contributed by atoms with Crippen LogP contribution in [-0.2, 0) is 0 Å². The number of amides is 1. The lowest BCUT2D eigenvalue weighted by Crippen LogP contribution is -2.12.